The minimum Gasteiger partial charge on any atom is -0.256 e. The predicted molar refractivity (Wildman–Crippen MR) is 108 cm³/mol. The molecule has 2 aromatic rings. The van der Waals surface area contributed by atoms with Gasteiger partial charge in [0.05, 0.1) is 13.8 Å². The number of fused-ring (bicyclic) bond motifs is 1. The molecule has 0 radical (unpaired) electrons. The first-order chi connectivity index (χ1) is 11.0. The molecular formula is C22H31NSi. The van der Waals surface area contributed by atoms with Crippen LogP contribution in [0.5, 0.6) is 0 Å². The lowest BCUT2D eigenvalue weighted by molar-refractivity contribution is 0.331. The van der Waals surface area contributed by atoms with Gasteiger partial charge in [0, 0.05) is 11.8 Å². The maximum atomic E-state index is 4.83. The number of nitrogens with zero attached hydrogens (tertiary/aromatic N) is 1. The van der Waals surface area contributed by atoms with Crippen LogP contribution in [0.25, 0.3) is 11.3 Å². The summed E-state index contributed by atoms with van der Waals surface area (Å²) in [7, 11) is -1.24. The molecule has 0 atom stereocenters. The summed E-state index contributed by atoms with van der Waals surface area (Å²) in [6, 6.07) is 11.5. The first-order valence-electron chi connectivity index (χ1n) is 9.13. The SMILES string of the molecule is CC1(C)CCC(C)(C)c2cc(-c3ccc([Si](C)(C)C)cc3)ncc21. The van der Waals surface area contributed by atoms with E-state index in [1.54, 1.807) is 0 Å². The van der Waals surface area contributed by atoms with Gasteiger partial charge in [-0.2, -0.15) is 0 Å². The lowest BCUT2D eigenvalue weighted by Gasteiger charge is -2.41. The molecule has 1 heterocycles. The van der Waals surface area contributed by atoms with Crippen LogP contribution in [0.4, 0.5) is 0 Å². The van der Waals surface area contributed by atoms with Crippen LogP contribution < -0.4 is 5.19 Å². The van der Waals surface area contributed by atoms with E-state index in [0.717, 1.165) is 5.69 Å². The molecule has 0 aliphatic heterocycles. The molecule has 1 aliphatic rings. The molecule has 0 bridgehead atoms. The van der Waals surface area contributed by atoms with E-state index in [1.807, 2.05) is 0 Å². The predicted octanol–water partition coefficient (Wildman–Crippen LogP) is 5.64. The summed E-state index contributed by atoms with van der Waals surface area (Å²) in [4.78, 5) is 4.83. The summed E-state index contributed by atoms with van der Waals surface area (Å²) < 4.78 is 0. The highest BCUT2D eigenvalue weighted by molar-refractivity contribution is 6.88. The summed E-state index contributed by atoms with van der Waals surface area (Å²) in [5.74, 6) is 0. The number of hydrogen-bond donors (Lipinski definition) is 0. The molecule has 1 aliphatic carbocycles. The smallest absolute Gasteiger partial charge is 0.0775 e. The van der Waals surface area contributed by atoms with Crippen LogP contribution in [0.15, 0.2) is 36.5 Å². The number of rotatable bonds is 2. The topological polar surface area (TPSA) is 12.9 Å². The summed E-state index contributed by atoms with van der Waals surface area (Å²) in [5.41, 5.74) is 5.73. The fourth-order valence-corrected chi connectivity index (χ4v) is 4.91. The fourth-order valence-electron chi connectivity index (χ4n) is 3.75. The average Bonchev–Trinajstić information content (AvgIpc) is 2.51. The molecular weight excluding hydrogens is 306 g/mol. The van der Waals surface area contributed by atoms with Crippen LogP contribution in [0, 0.1) is 0 Å². The second kappa shape index (κ2) is 5.55. The number of hydrogen-bond acceptors (Lipinski definition) is 1. The third-order valence-electron chi connectivity index (χ3n) is 5.78. The molecule has 128 valence electrons. The molecule has 2 heteroatoms. The summed E-state index contributed by atoms with van der Waals surface area (Å²) in [5, 5.41) is 1.51. The Labute approximate surface area is 148 Å². The molecule has 0 unspecified atom stereocenters. The highest BCUT2D eigenvalue weighted by atomic mass is 28.3. The van der Waals surface area contributed by atoms with Crippen LogP contribution in [-0.4, -0.2) is 13.1 Å². The highest BCUT2D eigenvalue weighted by Gasteiger charge is 2.37. The Morgan fingerprint density at radius 3 is 1.92 bits per heavy atom. The lowest BCUT2D eigenvalue weighted by Crippen LogP contribution is -2.37. The second-order valence-electron chi connectivity index (χ2n) is 9.71. The van der Waals surface area contributed by atoms with Crippen molar-refractivity contribution in [1.82, 2.24) is 4.98 Å². The molecule has 1 aromatic heterocycles. The zero-order valence-electron chi connectivity index (χ0n) is 16.3. The molecule has 0 fully saturated rings. The van der Waals surface area contributed by atoms with Gasteiger partial charge in [0.25, 0.3) is 0 Å². The van der Waals surface area contributed by atoms with Gasteiger partial charge in [-0.15, -0.1) is 0 Å². The number of pyridine rings is 1. The van der Waals surface area contributed by atoms with E-state index in [0.29, 0.717) is 0 Å². The standard InChI is InChI=1S/C22H31NSi/c1-21(2)12-13-22(3,4)19-15-23-20(14-18(19)21)16-8-10-17(11-9-16)24(5,6)7/h8-11,14-15H,12-13H2,1-7H3. The van der Waals surface area contributed by atoms with Gasteiger partial charge in [0.1, 0.15) is 0 Å². The Morgan fingerprint density at radius 2 is 1.38 bits per heavy atom. The summed E-state index contributed by atoms with van der Waals surface area (Å²) in [6.07, 6.45) is 4.61. The van der Waals surface area contributed by atoms with Crippen molar-refractivity contribution in [2.24, 2.45) is 0 Å². The number of aromatic nitrogens is 1. The molecule has 0 spiro atoms. The molecule has 24 heavy (non-hydrogen) atoms. The Bertz CT molecular complexity index is 749. The van der Waals surface area contributed by atoms with E-state index in [1.165, 1.54) is 34.7 Å². The van der Waals surface area contributed by atoms with E-state index >= 15 is 0 Å². The quantitative estimate of drug-likeness (QED) is 0.646. The minimum absolute atomic E-state index is 0.234. The van der Waals surface area contributed by atoms with Crippen LogP contribution in [-0.2, 0) is 10.8 Å². The monoisotopic (exact) mass is 337 g/mol. The van der Waals surface area contributed by atoms with Crippen molar-refractivity contribution in [3.05, 3.63) is 47.7 Å². The molecule has 0 N–H and O–H groups in total. The molecule has 1 aromatic carbocycles. The van der Waals surface area contributed by atoms with Gasteiger partial charge in [-0.1, -0.05) is 76.8 Å². The molecule has 0 saturated heterocycles. The van der Waals surface area contributed by atoms with E-state index < -0.39 is 8.07 Å². The fraction of sp³-hybridized carbons (Fsp3) is 0.500. The van der Waals surface area contributed by atoms with Crippen molar-refractivity contribution in [3.8, 4) is 11.3 Å². The minimum atomic E-state index is -1.24. The first kappa shape index (κ1) is 17.4. The molecule has 0 amide bonds. The third-order valence-corrected chi connectivity index (χ3v) is 7.85. The van der Waals surface area contributed by atoms with Gasteiger partial charge >= 0.3 is 0 Å². The third kappa shape index (κ3) is 3.09. The van der Waals surface area contributed by atoms with Crippen molar-refractivity contribution in [2.45, 2.75) is 71.0 Å². The van der Waals surface area contributed by atoms with Gasteiger partial charge in [-0.3, -0.25) is 4.98 Å². The Balaban J connectivity index is 2.05. The number of benzene rings is 1. The van der Waals surface area contributed by atoms with Crippen LogP contribution in [0.2, 0.25) is 19.6 Å². The molecule has 0 saturated carbocycles. The van der Waals surface area contributed by atoms with Crippen molar-refractivity contribution in [2.75, 3.05) is 0 Å². The Kier molecular flexibility index (Phi) is 4.03. The molecule has 3 rings (SSSR count). The largest absolute Gasteiger partial charge is 0.256 e. The van der Waals surface area contributed by atoms with E-state index in [2.05, 4.69) is 83.9 Å². The van der Waals surface area contributed by atoms with E-state index in [4.69, 9.17) is 4.98 Å². The van der Waals surface area contributed by atoms with Gasteiger partial charge in [-0.05, 0) is 40.9 Å². The second-order valence-corrected chi connectivity index (χ2v) is 14.8. The van der Waals surface area contributed by atoms with Crippen molar-refractivity contribution < 1.29 is 0 Å². The Morgan fingerprint density at radius 1 is 0.833 bits per heavy atom. The van der Waals surface area contributed by atoms with Gasteiger partial charge in [0.2, 0.25) is 0 Å². The van der Waals surface area contributed by atoms with Gasteiger partial charge in [0.15, 0.2) is 0 Å². The Hall–Kier alpha value is -1.41. The lowest BCUT2D eigenvalue weighted by atomic mass is 9.63. The maximum Gasteiger partial charge on any atom is 0.0775 e. The summed E-state index contributed by atoms with van der Waals surface area (Å²) >= 11 is 0. The zero-order chi connectivity index (χ0) is 17.8. The first-order valence-corrected chi connectivity index (χ1v) is 12.6. The maximum absolute atomic E-state index is 4.83. The normalized spacial score (nSPS) is 19.0. The average molecular weight is 338 g/mol. The van der Waals surface area contributed by atoms with E-state index in [9.17, 15) is 0 Å². The van der Waals surface area contributed by atoms with Crippen molar-refractivity contribution in [3.63, 3.8) is 0 Å². The highest BCUT2D eigenvalue weighted by Crippen LogP contribution is 2.46. The molecule has 1 nitrogen and oxygen atoms in total. The van der Waals surface area contributed by atoms with Crippen LogP contribution in [0.1, 0.15) is 51.7 Å². The van der Waals surface area contributed by atoms with Gasteiger partial charge < -0.3 is 0 Å². The van der Waals surface area contributed by atoms with Gasteiger partial charge in [-0.25, -0.2) is 0 Å². The van der Waals surface area contributed by atoms with Crippen LogP contribution >= 0.6 is 0 Å². The van der Waals surface area contributed by atoms with Crippen molar-refractivity contribution >= 4 is 13.3 Å². The zero-order valence-corrected chi connectivity index (χ0v) is 17.3. The summed E-state index contributed by atoms with van der Waals surface area (Å²) in [6.45, 7) is 16.6. The van der Waals surface area contributed by atoms with Crippen LogP contribution in [0.3, 0.4) is 0 Å². The van der Waals surface area contributed by atoms with E-state index in [-0.39, 0.29) is 10.8 Å². The van der Waals surface area contributed by atoms with Crippen molar-refractivity contribution in [1.29, 1.82) is 0 Å².